The Hall–Kier alpha value is -2.86. The molecule has 1 N–H and O–H groups in total. The molecule has 1 aromatic rings. The van der Waals surface area contributed by atoms with Crippen molar-refractivity contribution >= 4 is 38.0 Å². The third-order valence-corrected chi connectivity index (χ3v) is 11.0. The van der Waals surface area contributed by atoms with Crippen LogP contribution in [0.4, 0.5) is 5.69 Å². The zero-order valence-electron chi connectivity index (χ0n) is 32.1. The summed E-state index contributed by atoms with van der Waals surface area (Å²) in [4.78, 5) is 12.9. The third-order valence-electron chi connectivity index (χ3n) is 9.39. The standard InChI is InChI=1S/C38H50N2O11S2.Na/c1-37(2,3)35-24-27(30-15-13-28(25-33(30)51-35)39(19-21-49-5)20-22-50-6)10-7-11-34-38(4,17-8-12-36(41)42)31-26-29(53(46,47)48)14-16-32(31)40(34)18-9-23-52(43,44)45;/h7,10-11,13-16,24-26H,8-9,12,17-23H2,1-6H3,(H2-,41,42,43,44,45,46,47,48);/q;+1/p-1. The van der Waals surface area contributed by atoms with E-state index in [-0.39, 0.29) is 67.2 Å². The monoisotopic (exact) mass is 796 g/mol. The van der Waals surface area contributed by atoms with Crippen molar-refractivity contribution in [2.75, 3.05) is 57.7 Å². The van der Waals surface area contributed by atoms with E-state index in [1.807, 2.05) is 54.3 Å². The molecule has 3 aliphatic rings. The fourth-order valence-corrected chi connectivity index (χ4v) is 7.58. The Kier molecular flexibility index (Phi) is 15.9. The number of rotatable bonds is 17. The van der Waals surface area contributed by atoms with Gasteiger partial charge in [0, 0.05) is 66.8 Å². The van der Waals surface area contributed by atoms with Crippen molar-refractivity contribution in [1.29, 1.82) is 0 Å². The van der Waals surface area contributed by atoms with Crippen molar-refractivity contribution in [3.05, 3.63) is 82.6 Å². The molecule has 13 nitrogen and oxygen atoms in total. The molecule has 0 fully saturated rings. The number of methoxy groups -OCH3 is 2. The number of carboxylic acids is 1. The molecule has 290 valence electrons. The molecular formula is C38H49N2NaO11S2. The second kappa shape index (κ2) is 18.9. The Labute approximate surface area is 340 Å². The van der Waals surface area contributed by atoms with Crippen molar-refractivity contribution < 1.29 is 79.3 Å². The molecule has 2 heterocycles. The zero-order valence-corrected chi connectivity index (χ0v) is 35.7. The van der Waals surface area contributed by atoms with Gasteiger partial charge in [-0.2, -0.15) is 0 Å². The first kappa shape index (κ1) is 45.5. The van der Waals surface area contributed by atoms with Crippen LogP contribution in [0.1, 0.15) is 70.3 Å². The van der Waals surface area contributed by atoms with Crippen molar-refractivity contribution in [3.63, 3.8) is 0 Å². The van der Waals surface area contributed by atoms with E-state index < -0.39 is 42.3 Å². The van der Waals surface area contributed by atoms with Crippen LogP contribution in [0.2, 0.25) is 0 Å². The quantitative estimate of drug-likeness (QED) is 0.118. The first-order chi connectivity index (χ1) is 24.8. The molecule has 0 radical (unpaired) electrons. The number of benzene rings is 2. The number of allylic oxidation sites excluding steroid dienone is 3. The summed E-state index contributed by atoms with van der Waals surface area (Å²) in [7, 11) is -6.04. The second-order valence-corrected chi connectivity index (χ2v) is 17.3. The van der Waals surface area contributed by atoms with E-state index in [0.29, 0.717) is 49.0 Å². The molecule has 1 aromatic carbocycles. The van der Waals surface area contributed by atoms with Crippen molar-refractivity contribution in [2.24, 2.45) is 0 Å². The fraction of sp³-hybridized carbons (Fsp3) is 0.474. The number of aliphatic carboxylic acids is 1. The van der Waals surface area contributed by atoms with Crippen LogP contribution in [-0.2, 0) is 45.3 Å². The van der Waals surface area contributed by atoms with Crippen LogP contribution in [0.25, 0.3) is 17.4 Å². The maximum Gasteiger partial charge on any atom is 1.00 e. The predicted molar refractivity (Wildman–Crippen MR) is 200 cm³/mol. The van der Waals surface area contributed by atoms with Gasteiger partial charge in [0.05, 0.1) is 21.1 Å². The Morgan fingerprint density at radius 3 is 2.24 bits per heavy atom. The number of ether oxygens (including phenoxy) is 2. The van der Waals surface area contributed by atoms with Crippen LogP contribution < -0.4 is 44.4 Å². The molecule has 54 heavy (non-hydrogen) atoms. The Morgan fingerprint density at radius 2 is 1.67 bits per heavy atom. The minimum atomic E-state index is -4.83. The number of hydrogen-bond donors (Lipinski definition) is 1. The van der Waals surface area contributed by atoms with Gasteiger partial charge < -0.3 is 33.0 Å². The largest absolute Gasteiger partial charge is 1.00 e. The predicted octanol–water partition coefficient (Wildman–Crippen LogP) is 1.52. The number of hydrogen-bond acceptors (Lipinski definition) is 11. The first-order valence-corrected chi connectivity index (χ1v) is 20.3. The van der Waals surface area contributed by atoms with Crippen LogP contribution in [-0.4, -0.2) is 89.8 Å². The van der Waals surface area contributed by atoms with Crippen LogP contribution >= 0.6 is 0 Å². The minimum Gasteiger partial charge on any atom is -0.748 e. The van der Waals surface area contributed by atoms with Gasteiger partial charge in [0.1, 0.15) is 34.9 Å². The van der Waals surface area contributed by atoms with Gasteiger partial charge in [0.2, 0.25) is 5.36 Å². The molecule has 16 heteroatoms. The molecule has 1 unspecified atom stereocenters. The van der Waals surface area contributed by atoms with Gasteiger partial charge in [-0.3, -0.25) is 4.79 Å². The number of carboxylic acid groups (broad SMARTS) is 1. The molecular weight excluding hydrogens is 748 g/mol. The number of anilines is 1. The van der Waals surface area contributed by atoms with E-state index in [0.717, 1.165) is 22.2 Å². The number of fused-ring (bicyclic) bond motifs is 2. The SMILES string of the molecule is COCC[N+](CCOC)=c1ccc2c(/C=C/C=C3\N(CCCS(=O)(=O)[O-])c4ccc(S(=O)(=O)[O-])cc4C3(C)CCCC(=O)O)cc(C(C)(C)C)oc-2c1.[Na+]. The van der Waals surface area contributed by atoms with Gasteiger partial charge in [-0.15, -0.1) is 0 Å². The Bertz CT molecular complexity index is 2110. The molecule has 0 spiro atoms. The Balaban J connectivity index is 0.00000784. The molecule has 0 saturated heterocycles. The molecule has 1 aliphatic carbocycles. The summed E-state index contributed by atoms with van der Waals surface area (Å²) in [5, 5.41) is 10.4. The summed E-state index contributed by atoms with van der Waals surface area (Å²) in [5.74, 6) is -0.199. The summed E-state index contributed by atoms with van der Waals surface area (Å²) >= 11 is 0. The Morgan fingerprint density at radius 1 is 1.00 bits per heavy atom. The topological polar surface area (TPSA) is 190 Å². The van der Waals surface area contributed by atoms with Crippen LogP contribution in [0.5, 0.6) is 0 Å². The van der Waals surface area contributed by atoms with Gasteiger partial charge in [0.25, 0.3) is 0 Å². The average Bonchev–Trinajstić information content (AvgIpc) is 3.29. The molecule has 2 aliphatic heterocycles. The maximum atomic E-state index is 12.1. The van der Waals surface area contributed by atoms with Crippen LogP contribution in [0.3, 0.4) is 0 Å². The molecule has 0 bridgehead atoms. The second-order valence-electron chi connectivity index (χ2n) is 14.4. The average molecular weight is 797 g/mol. The van der Waals surface area contributed by atoms with Crippen LogP contribution in [0.15, 0.2) is 69.6 Å². The van der Waals surface area contributed by atoms with E-state index in [1.54, 1.807) is 14.2 Å². The van der Waals surface area contributed by atoms with Crippen molar-refractivity contribution in [3.8, 4) is 11.3 Å². The third kappa shape index (κ3) is 11.6. The van der Waals surface area contributed by atoms with E-state index in [1.165, 1.54) is 18.2 Å². The van der Waals surface area contributed by atoms with Crippen LogP contribution in [0, 0.1) is 0 Å². The van der Waals surface area contributed by atoms with E-state index in [4.69, 9.17) is 13.9 Å². The van der Waals surface area contributed by atoms with Gasteiger partial charge in [-0.1, -0.05) is 32.9 Å². The summed E-state index contributed by atoms with van der Waals surface area (Å²) in [6.07, 6.45) is 5.92. The van der Waals surface area contributed by atoms with E-state index in [2.05, 4.69) is 25.3 Å². The molecule has 4 rings (SSSR count). The minimum absolute atomic E-state index is 0. The molecule has 0 amide bonds. The van der Waals surface area contributed by atoms with Crippen molar-refractivity contribution in [1.82, 2.24) is 4.58 Å². The smallest absolute Gasteiger partial charge is 0.748 e. The van der Waals surface area contributed by atoms with E-state index >= 15 is 0 Å². The summed E-state index contributed by atoms with van der Waals surface area (Å²) < 4.78 is 90.1. The molecule has 0 aromatic heterocycles. The van der Waals surface area contributed by atoms with Gasteiger partial charge in [-0.05, 0) is 73.7 Å². The zero-order chi connectivity index (χ0) is 39.2. The van der Waals surface area contributed by atoms with Gasteiger partial charge in [0.15, 0.2) is 13.1 Å². The molecule has 1 atom stereocenters. The van der Waals surface area contributed by atoms with Gasteiger partial charge >= 0.3 is 35.5 Å². The normalized spacial score (nSPS) is 17.0. The number of carbonyl (C=O) groups is 1. The van der Waals surface area contributed by atoms with Crippen molar-refractivity contribution in [2.45, 2.75) is 69.1 Å². The summed E-state index contributed by atoms with van der Waals surface area (Å²) in [5.41, 5.74) is 2.04. The van der Waals surface area contributed by atoms with E-state index in [9.17, 15) is 35.8 Å². The fourth-order valence-electron chi connectivity index (χ4n) is 6.60. The first-order valence-electron chi connectivity index (χ1n) is 17.3. The summed E-state index contributed by atoms with van der Waals surface area (Å²) in [6, 6.07) is 12.0. The summed E-state index contributed by atoms with van der Waals surface area (Å²) in [6.45, 7) is 10.4. The van der Waals surface area contributed by atoms with Gasteiger partial charge in [-0.25, -0.2) is 21.4 Å². The number of nitrogens with zero attached hydrogens (tertiary/aromatic N) is 2. The maximum absolute atomic E-state index is 12.1. The molecule has 0 saturated carbocycles.